The van der Waals surface area contributed by atoms with Gasteiger partial charge in [0.1, 0.15) is 0 Å². The molecule has 1 fully saturated rings. The van der Waals surface area contributed by atoms with Crippen molar-refractivity contribution in [1.82, 2.24) is 9.97 Å². The number of halogens is 4. The Morgan fingerprint density at radius 3 is 2.46 bits per heavy atom. The first-order valence-corrected chi connectivity index (χ1v) is 8.05. The van der Waals surface area contributed by atoms with Gasteiger partial charge in [0, 0.05) is 25.5 Å². The lowest BCUT2D eigenvalue weighted by Crippen LogP contribution is -2.37. The molecule has 1 aromatic heterocycles. The van der Waals surface area contributed by atoms with Gasteiger partial charge in [0.15, 0.2) is 0 Å². The topological polar surface area (TPSA) is 67.4 Å². The number of rotatable bonds is 3. The second-order valence-corrected chi connectivity index (χ2v) is 5.92. The predicted octanol–water partition coefficient (Wildman–Crippen LogP) is 3.24. The number of nitrogens with one attached hydrogen (secondary N) is 1. The van der Waals surface area contributed by atoms with Gasteiger partial charge in [0.2, 0.25) is 5.95 Å². The zero-order valence-electron chi connectivity index (χ0n) is 13.4. The predicted molar refractivity (Wildman–Crippen MR) is 89.5 cm³/mol. The highest BCUT2D eigenvalue weighted by molar-refractivity contribution is 6.34. The summed E-state index contributed by atoms with van der Waals surface area (Å²) in [6.07, 6.45) is -1.91. The van der Waals surface area contributed by atoms with Crippen molar-refractivity contribution < 1.29 is 22.7 Å². The van der Waals surface area contributed by atoms with Gasteiger partial charge in [0.25, 0.3) is 5.91 Å². The first-order valence-electron chi connectivity index (χ1n) is 7.67. The van der Waals surface area contributed by atoms with Gasteiger partial charge in [0.05, 0.1) is 35.1 Å². The number of carbonyl (C=O) groups is 1. The third kappa shape index (κ3) is 4.23. The van der Waals surface area contributed by atoms with Crippen LogP contribution in [0.15, 0.2) is 30.6 Å². The summed E-state index contributed by atoms with van der Waals surface area (Å²) < 4.78 is 43.6. The van der Waals surface area contributed by atoms with Gasteiger partial charge in [-0.25, -0.2) is 9.97 Å². The van der Waals surface area contributed by atoms with Crippen LogP contribution in [0.5, 0.6) is 0 Å². The molecule has 0 radical (unpaired) electrons. The van der Waals surface area contributed by atoms with E-state index in [0.29, 0.717) is 32.3 Å². The van der Waals surface area contributed by atoms with Gasteiger partial charge in [-0.1, -0.05) is 11.6 Å². The summed E-state index contributed by atoms with van der Waals surface area (Å²) >= 11 is 5.87. The van der Waals surface area contributed by atoms with Crippen molar-refractivity contribution in [2.45, 2.75) is 6.18 Å². The van der Waals surface area contributed by atoms with Crippen LogP contribution in [0.3, 0.4) is 0 Å². The number of nitrogens with zero attached hydrogens (tertiary/aromatic N) is 3. The Bertz CT molecular complexity index is 793. The first-order chi connectivity index (χ1) is 12.3. The molecule has 0 bridgehead atoms. The van der Waals surface area contributed by atoms with Crippen molar-refractivity contribution in [3.05, 3.63) is 46.7 Å². The van der Waals surface area contributed by atoms with E-state index < -0.39 is 17.6 Å². The molecule has 0 unspecified atom stereocenters. The van der Waals surface area contributed by atoms with Crippen LogP contribution in [0.4, 0.5) is 24.8 Å². The number of amides is 1. The number of ether oxygens (including phenoxy) is 1. The molecular formula is C16H14ClF3N4O2. The van der Waals surface area contributed by atoms with Gasteiger partial charge < -0.3 is 15.0 Å². The Balaban J connectivity index is 1.74. The van der Waals surface area contributed by atoms with Crippen LogP contribution in [-0.2, 0) is 10.9 Å². The zero-order chi connectivity index (χ0) is 18.7. The number of benzene rings is 1. The van der Waals surface area contributed by atoms with E-state index in [2.05, 4.69) is 15.3 Å². The maximum atomic E-state index is 12.8. The molecule has 6 nitrogen and oxygen atoms in total. The maximum Gasteiger partial charge on any atom is 0.416 e. The summed E-state index contributed by atoms with van der Waals surface area (Å²) in [6, 6.07) is 2.71. The van der Waals surface area contributed by atoms with Crippen LogP contribution in [0.2, 0.25) is 5.02 Å². The van der Waals surface area contributed by atoms with Crippen molar-refractivity contribution in [3.63, 3.8) is 0 Å². The lowest BCUT2D eigenvalue weighted by atomic mass is 10.2. The van der Waals surface area contributed by atoms with Crippen LogP contribution < -0.4 is 10.2 Å². The Morgan fingerprint density at radius 1 is 1.19 bits per heavy atom. The lowest BCUT2D eigenvalue weighted by molar-refractivity contribution is -0.137. The fraction of sp³-hybridized carbons (Fsp3) is 0.312. The number of anilines is 2. The molecule has 0 spiro atoms. The smallest absolute Gasteiger partial charge is 0.378 e. The summed E-state index contributed by atoms with van der Waals surface area (Å²) in [5.74, 6) is -0.193. The second kappa shape index (κ2) is 7.46. The fourth-order valence-corrected chi connectivity index (χ4v) is 2.52. The van der Waals surface area contributed by atoms with Crippen molar-refractivity contribution in [1.29, 1.82) is 0 Å². The van der Waals surface area contributed by atoms with Crippen LogP contribution in [0.25, 0.3) is 0 Å². The molecule has 0 saturated carbocycles. The monoisotopic (exact) mass is 386 g/mol. The minimum atomic E-state index is -4.53. The van der Waals surface area contributed by atoms with Crippen molar-refractivity contribution >= 4 is 29.1 Å². The molecule has 0 aliphatic carbocycles. The van der Waals surface area contributed by atoms with E-state index >= 15 is 0 Å². The molecule has 1 aromatic carbocycles. The summed E-state index contributed by atoms with van der Waals surface area (Å²) in [7, 11) is 0. The Morgan fingerprint density at radius 2 is 1.85 bits per heavy atom. The normalized spacial score (nSPS) is 15.0. The average Bonchev–Trinajstić information content (AvgIpc) is 2.63. The molecule has 1 saturated heterocycles. The van der Waals surface area contributed by atoms with E-state index in [1.54, 1.807) is 0 Å². The lowest BCUT2D eigenvalue weighted by Gasteiger charge is -2.26. The Hall–Kier alpha value is -2.39. The number of alkyl halides is 3. The van der Waals surface area contributed by atoms with E-state index in [1.165, 1.54) is 12.4 Å². The number of hydrogen-bond acceptors (Lipinski definition) is 5. The minimum Gasteiger partial charge on any atom is -0.378 e. The van der Waals surface area contributed by atoms with Crippen LogP contribution in [0, 0.1) is 0 Å². The largest absolute Gasteiger partial charge is 0.416 e. The van der Waals surface area contributed by atoms with E-state index in [4.69, 9.17) is 16.3 Å². The molecule has 0 atom stereocenters. The molecule has 1 aliphatic heterocycles. The summed E-state index contributed by atoms with van der Waals surface area (Å²) in [6.45, 7) is 2.43. The molecule has 2 aromatic rings. The summed E-state index contributed by atoms with van der Waals surface area (Å²) in [5.41, 5.74) is -0.935. The number of hydrogen-bond donors (Lipinski definition) is 1. The minimum absolute atomic E-state index is 0.00259. The molecule has 138 valence electrons. The molecule has 1 N–H and O–H groups in total. The quantitative estimate of drug-likeness (QED) is 0.877. The van der Waals surface area contributed by atoms with Crippen molar-refractivity contribution in [3.8, 4) is 0 Å². The van der Waals surface area contributed by atoms with Crippen molar-refractivity contribution in [2.75, 3.05) is 36.5 Å². The summed E-state index contributed by atoms with van der Waals surface area (Å²) in [4.78, 5) is 22.4. The molecular weight excluding hydrogens is 373 g/mol. The third-order valence-electron chi connectivity index (χ3n) is 3.74. The second-order valence-electron chi connectivity index (χ2n) is 5.52. The maximum absolute atomic E-state index is 12.8. The van der Waals surface area contributed by atoms with Crippen LogP contribution >= 0.6 is 11.6 Å². The van der Waals surface area contributed by atoms with Gasteiger partial charge in [-0.3, -0.25) is 4.79 Å². The number of aromatic nitrogens is 2. The van der Waals surface area contributed by atoms with E-state index in [1.807, 2.05) is 4.90 Å². The molecule has 10 heteroatoms. The van der Waals surface area contributed by atoms with E-state index in [-0.39, 0.29) is 16.3 Å². The highest BCUT2D eigenvalue weighted by Gasteiger charge is 2.31. The molecule has 1 amide bonds. The Kier molecular flexibility index (Phi) is 5.28. The van der Waals surface area contributed by atoms with Gasteiger partial charge in [-0.2, -0.15) is 13.2 Å². The SMILES string of the molecule is O=C(Nc1cc(C(F)(F)F)ccc1Cl)c1cnc(N2CCOCC2)nc1. The molecule has 26 heavy (non-hydrogen) atoms. The average molecular weight is 387 g/mol. The fourth-order valence-electron chi connectivity index (χ4n) is 2.36. The number of morpholine rings is 1. The third-order valence-corrected chi connectivity index (χ3v) is 4.07. The van der Waals surface area contributed by atoms with Crippen molar-refractivity contribution in [2.24, 2.45) is 0 Å². The highest BCUT2D eigenvalue weighted by atomic mass is 35.5. The summed E-state index contributed by atoms with van der Waals surface area (Å²) in [5, 5.41) is 2.35. The van der Waals surface area contributed by atoms with Gasteiger partial charge >= 0.3 is 6.18 Å². The van der Waals surface area contributed by atoms with E-state index in [0.717, 1.165) is 18.2 Å². The zero-order valence-corrected chi connectivity index (χ0v) is 14.1. The van der Waals surface area contributed by atoms with E-state index in [9.17, 15) is 18.0 Å². The van der Waals surface area contributed by atoms with Crippen LogP contribution in [-0.4, -0.2) is 42.2 Å². The molecule has 1 aliphatic rings. The number of carbonyl (C=O) groups excluding carboxylic acids is 1. The standard InChI is InChI=1S/C16H14ClF3N4O2/c17-12-2-1-11(16(18,19)20)7-13(12)23-14(25)10-8-21-15(22-9-10)24-3-5-26-6-4-24/h1-2,7-9H,3-6H2,(H,23,25). The molecule has 3 rings (SSSR count). The van der Waals surface area contributed by atoms with Gasteiger partial charge in [-0.05, 0) is 18.2 Å². The van der Waals surface area contributed by atoms with Gasteiger partial charge in [-0.15, -0.1) is 0 Å². The highest BCUT2D eigenvalue weighted by Crippen LogP contribution is 2.33. The first kappa shape index (κ1) is 18.4. The van der Waals surface area contributed by atoms with Crippen LogP contribution in [0.1, 0.15) is 15.9 Å². The molecule has 2 heterocycles. The Labute approximate surface area is 151 Å².